The van der Waals surface area contributed by atoms with E-state index in [2.05, 4.69) is 5.32 Å². The number of thioether (sulfide) groups is 1. The summed E-state index contributed by atoms with van der Waals surface area (Å²) in [5.74, 6) is -0.291. The van der Waals surface area contributed by atoms with Gasteiger partial charge in [-0.15, -0.1) is 0 Å². The van der Waals surface area contributed by atoms with Crippen LogP contribution in [-0.2, 0) is 9.59 Å². The lowest BCUT2D eigenvalue weighted by molar-refractivity contribution is -0.151. The van der Waals surface area contributed by atoms with Gasteiger partial charge in [0.1, 0.15) is 5.54 Å². The molecule has 1 fully saturated rings. The normalized spacial score (nSPS) is 28.7. The highest BCUT2D eigenvalue weighted by atomic mass is 32.2. The van der Waals surface area contributed by atoms with Crippen molar-refractivity contribution in [3.63, 3.8) is 0 Å². The summed E-state index contributed by atoms with van der Waals surface area (Å²) in [7, 11) is 0. The first-order valence-corrected chi connectivity index (χ1v) is 7.45. The van der Waals surface area contributed by atoms with Crippen LogP contribution in [0.4, 0.5) is 0 Å². The number of aliphatic carboxylic acids is 1. The molecule has 2 atom stereocenters. The molecular formula is C12H21NO3S. The third-order valence-corrected chi connectivity index (χ3v) is 4.19. The maximum Gasteiger partial charge on any atom is 0.329 e. The van der Waals surface area contributed by atoms with Gasteiger partial charge in [-0.05, 0) is 25.0 Å². The summed E-state index contributed by atoms with van der Waals surface area (Å²) >= 11 is 1.59. The van der Waals surface area contributed by atoms with Crippen molar-refractivity contribution in [1.82, 2.24) is 5.32 Å². The molecule has 2 unspecified atom stereocenters. The van der Waals surface area contributed by atoms with Crippen LogP contribution in [0.1, 0.15) is 39.0 Å². The van der Waals surface area contributed by atoms with Gasteiger partial charge < -0.3 is 10.4 Å². The van der Waals surface area contributed by atoms with Gasteiger partial charge >= 0.3 is 5.97 Å². The summed E-state index contributed by atoms with van der Waals surface area (Å²) in [5.41, 5.74) is -1.03. The zero-order valence-corrected chi connectivity index (χ0v) is 11.3. The number of amides is 1. The van der Waals surface area contributed by atoms with Crippen molar-refractivity contribution in [2.45, 2.75) is 44.6 Å². The first-order valence-electron chi connectivity index (χ1n) is 6.06. The molecule has 1 aliphatic rings. The van der Waals surface area contributed by atoms with Crippen molar-refractivity contribution in [2.24, 2.45) is 5.92 Å². The van der Waals surface area contributed by atoms with E-state index in [0.29, 0.717) is 12.8 Å². The Labute approximate surface area is 107 Å². The zero-order valence-electron chi connectivity index (χ0n) is 10.5. The Kier molecular flexibility index (Phi) is 5.31. The van der Waals surface area contributed by atoms with Crippen molar-refractivity contribution in [1.29, 1.82) is 0 Å². The van der Waals surface area contributed by atoms with Crippen LogP contribution >= 0.6 is 11.8 Å². The monoisotopic (exact) mass is 259 g/mol. The molecule has 0 saturated heterocycles. The second-order valence-electron chi connectivity index (χ2n) is 4.71. The lowest BCUT2D eigenvalue weighted by Gasteiger charge is -2.39. The summed E-state index contributed by atoms with van der Waals surface area (Å²) in [4.78, 5) is 23.2. The van der Waals surface area contributed by atoms with E-state index in [4.69, 9.17) is 0 Å². The highest BCUT2D eigenvalue weighted by Crippen LogP contribution is 2.34. The summed E-state index contributed by atoms with van der Waals surface area (Å²) < 4.78 is 0. The number of hydrogen-bond donors (Lipinski definition) is 2. The lowest BCUT2D eigenvalue weighted by Crippen LogP contribution is -2.60. The van der Waals surface area contributed by atoms with Crippen LogP contribution in [0.5, 0.6) is 0 Å². The number of nitrogens with one attached hydrogen (secondary N) is 1. The number of carboxylic acid groups (broad SMARTS) is 1. The number of hydrogen-bond acceptors (Lipinski definition) is 3. The van der Waals surface area contributed by atoms with E-state index >= 15 is 0 Å². The van der Waals surface area contributed by atoms with Crippen molar-refractivity contribution >= 4 is 23.6 Å². The Morgan fingerprint density at radius 1 is 1.47 bits per heavy atom. The topological polar surface area (TPSA) is 66.4 Å². The third kappa shape index (κ3) is 3.37. The van der Waals surface area contributed by atoms with Crippen LogP contribution in [-0.4, -0.2) is 34.5 Å². The van der Waals surface area contributed by atoms with Crippen molar-refractivity contribution < 1.29 is 14.7 Å². The van der Waals surface area contributed by atoms with Crippen LogP contribution in [0, 0.1) is 5.92 Å². The lowest BCUT2D eigenvalue weighted by atomic mass is 9.73. The Balaban J connectivity index is 2.71. The summed E-state index contributed by atoms with van der Waals surface area (Å²) in [6.45, 7) is 1.92. The van der Waals surface area contributed by atoms with E-state index in [1.807, 2.05) is 13.2 Å². The highest BCUT2D eigenvalue weighted by molar-refractivity contribution is 7.98. The molecule has 1 rings (SSSR count). The third-order valence-electron chi connectivity index (χ3n) is 3.58. The van der Waals surface area contributed by atoms with Gasteiger partial charge in [-0.2, -0.15) is 11.8 Å². The zero-order chi connectivity index (χ0) is 12.9. The second kappa shape index (κ2) is 6.28. The van der Waals surface area contributed by atoms with Gasteiger partial charge in [0.2, 0.25) is 5.91 Å². The van der Waals surface area contributed by atoms with E-state index in [9.17, 15) is 14.7 Å². The van der Waals surface area contributed by atoms with Crippen LogP contribution in [0.15, 0.2) is 0 Å². The number of carboxylic acids is 1. The fourth-order valence-electron chi connectivity index (χ4n) is 2.41. The van der Waals surface area contributed by atoms with Gasteiger partial charge in [-0.1, -0.05) is 19.8 Å². The fourth-order valence-corrected chi connectivity index (χ4v) is 2.80. The molecule has 98 valence electrons. The minimum absolute atomic E-state index is 0.00646. The largest absolute Gasteiger partial charge is 0.479 e. The second-order valence-corrected chi connectivity index (χ2v) is 5.70. The molecule has 0 bridgehead atoms. The minimum Gasteiger partial charge on any atom is -0.479 e. The van der Waals surface area contributed by atoms with Crippen LogP contribution in [0.25, 0.3) is 0 Å². The van der Waals surface area contributed by atoms with E-state index in [0.717, 1.165) is 25.0 Å². The molecule has 4 nitrogen and oxygen atoms in total. The van der Waals surface area contributed by atoms with Crippen LogP contribution in [0.3, 0.4) is 0 Å². The maximum atomic E-state index is 11.7. The first kappa shape index (κ1) is 14.4. The van der Waals surface area contributed by atoms with Gasteiger partial charge in [-0.25, -0.2) is 4.79 Å². The molecule has 0 radical (unpaired) electrons. The van der Waals surface area contributed by atoms with E-state index in [1.165, 1.54) is 0 Å². The molecule has 1 saturated carbocycles. The average Bonchev–Trinajstić information content (AvgIpc) is 2.29. The average molecular weight is 259 g/mol. The Morgan fingerprint density at radius 2 is 2.18 bits per heavy atom. The summed E-state index contributed by atoms with van der Waals surface area (Å²) in [6.07, 6.45) is 5.67. The van der Waals surface area contributed by atoms with Crippen molar-refractivity contribution in [3.05, 3.63) is 0 Å². The molecule has 0 aromatic carbocycles. The van der Waals surface area contributed by atoms with Gasteiger partial charge in [0.05, 0.1) is 0 Å². The molecular weight excluding hydrogens is 238 g/mol. The van der Waals surface area contributed by atoms with Gasteiger partial charge in [0, 0.05) is 12.2 Å². The predicted molar refractivity (Wildman–Crippen MR) is 69.1 cm³/mol. The number of carbonyl (C=O) groups excluding carboxylic acids is 1. The quantitative estimate of drug-likeness (QED) is 0.791. The number of carbonyl (C=O) groups is 2. The summed E-state index contributed by atoms with van der Waals surface area (Å²) in [6, 6.07) is 0. The molecule has 0 aromatic heterocycles. The van der Waals surface area contributed by atoms with Gasteiger partial charge in [0.25, 0.3) is 0 Å². The van der Waals surface area contributed by atoms with E-state index in [1.54, 1.807) is 11.8 Å². The van der Waals surface area contributed by atoms with Crippen molar-refractivity contribution in [3.8, 4) is 0 Å². The highest BCUT2D eigenvalue weighted by Gasteiger charge is 2.46. The van der Waals surface area contributed by atoms with Gasteiger partial charge in [0.15, 0.2) is 0 Å². The Bertz CT molecular complexity index is 295. The van der Waals surface area contributed by atoms with Crippen LogP contribution in [0.2, 0.25) is 0 Å². The van der Waals surface area contributed by atoms with Gasteiger partial charge in [-0.3, -0.25) is 4.79 Å². The molecule has 0 spiro atoms. The van der Waals surface area contributed by atoms with E-state index < -0.39 is 11.5 Å². The standard InChI is InChI=1S/C12H21NO3S/c1-9-5-3-4-7-12(9,11(15)16)13-10(14)6-8-17-2/h9H,3-8H2,1-2H3,(H,13,14)(H,15,16). The number of rotatable bonds is 5. The fraction of sp³-hybridized carbons (Fsp3) is 0.833. The minimum atomic E-state index is -1.03. The Morgan fingerprint density at radius 3 is 2.71 bits per heavy atom. The van der Waals surface area contributed by atoms with Crippen molar-refractivity contribution in [2.75, 3.05) is 12.0 Å². The smallest absolute Gasteiger partial charge is 0.329 e. The van der Waals surface area contributed by atoms with Crippen LogP contribution < -0.4 is 5.32 Å². The SMILES string of the molecule is CSCCC(=O)NC1(C(=O)O)CCCCC1C. The maximum absolute atomic E-state index is 11.7. The van der Waals surface area contributed by atoms with E-state index in [-0.39, 0.29) is 11.8 Å². The predicted octanol–water partition coefficient (Wildman–Crippen LogP) is 1.89. The molecule has 0 heterocycles. The Hall–Kier alpha value is -0.710. The molecule has 1 aliphatic carbocycles. The summed E-state index contributed by atoms with van der Waals surface area (Å²) in [5, 5.41) is 12.2. The molecule has 0 aromatic rings. The molecule has 2 N–H and O–H groups in total. The molecule has 1 amide bonds. The molecule has 5 heteroatoms. The molecule has 0 aliphatic heterocycles. The first-order chi connectivity index (χ1) is 8.03. The molecule has 17 heavy (non-hydrogen) atoms.